The Morgan fingerprint density at radius 3 is 2.56 bits per heavy atom. The van der Waals surface area contributed by atoms with Crippen molar-refractivity contribution < 1.29 is 4.39 Å². The van der Waals surface area contributed by atoms with Gasteiger partial charge in [-0.3, -0.25) is 0 Å². The van der Waals surface area contributed by atoms with Crippen molar-refractivity contribution in [3.63, 3.8) is 0 Å². The van der Waals surface area contributed by atoms with Crippen LogP contribution in [0.3, 0.4) is 0 Å². The molecule has 0 amide bonds. The molecule has 0 aliphatic heterocycles. The van der Waals surface area contributed by atoms with E-state index in [1.54, 1.807) is 12.1 Å². The standard InChI is InChI=1S/C14H10BrFN2/c1-9-3-2-8-18-14(9)12(15)13(17-18)10-4-6-11(16)7-5-10/h2-8H,1H3. The molecule has 1 aromatic carbocycles. The summed E-state index contributed by atoms with van der Waals surface area (Å²) in [5, 5.41) is 4.52. The van der Waals surface area contributed by atoms with Crippen molar-refractivity contribution in [3.8, 4) is 11.3 Å². The molecule has 3 rings (SSSR count). The van der Waals surface area contributed by atoms with E-state index in [1.165, 1.54) is 12.1 Å². The van der Waals surface area contributed by atoms with Crippen LogP contribution >= 0.6 is 15.9 Å². The van der Waals surface area contributed by atoms with Gasteiger partial charge in [-0.1, -0.05) is 6.07 Å². The van der Waals surface area contributed by atoms with Gasteiger partial charge in [0.1, 0.15) is 11.5 Å². The first-order valence-corrected chi connectivity index (χ1v) is 6.35. The molecule has 2 nitrogen and oxygen atoms in total. The minimum atomic E-state index is -0.241. The summed E-state index contributed by atoms with van der Waals surface area (Å²) in [6, 6.07) is 10.3. The van der Waals surface area contributed by atoms with E-state index in [0.717, 1.165) is 26.8 Å². The van der Waals surface area contributed by atoms with Gasteiger partial charge in [0.25, 0.3) is 0 Å². The molecule has 0 N–H and O–H groups in total. The van der Waals surface area contributed by atoms with Gasteiger partial charge in [0, 0.05) is 11.8 Å². The summed E-state index contributed by atoms with van der Waals surface area (Å²) in [5.74, 6) is -0.241. The number of pyridine rings is 1. The largest absolute Gasteiger partial charge is 0.239 e. The number of aromatic nitrogens is 2. The highest BCUT2D eigenvalue weighted by atomic mass is 79.9. The van der Waals surface area contributed by atoms with Crippen LogP contribution in [0.25, 0.3) is 16.8 Å². The van der Waals surface area contributed by atoms with Crippen molar-refractivity contribution >= 4 is 21.4 Å². The van der Waals surface area contributed by atoms with Gasteiger partial charge >= 0.3 is 0 Å². The molecule has 0 saturated heterocycles. The molecule has 0 aliphatic rings. The maximum atomic E-state index is 12.9. The molecule has 18 heavy (non-hydrogen) atoms. The van der Waals surface area contributed by atoms with Crippen LogP contribution in [-0.2, 0) is 0 Å². The molecule has 0 bridgehead atoms. The molecule has 2 heterocycles. The summed E-state index contributed by atoms with van der Waals surface area (Å²) >= 11 is 3.58. The monoisotopic (exact) mass is 304 g/mol. The third kappa shape index (κ3) is 1.73. The fourth-order valence-electron chi connectivity index (χ4n) is 2.02. The number of halogens is 2. The molecular formula is C14H10BrFN2. The van der Waals surface area contributed by atoms with E-state index in [9.17, 15) is 4.39 Å². The molecule has 4 heteroatoms. The highest BCUT2D eigenvalue weighted by molar-refractivity contribution is 9.10. The van der Waals surface area contributed by atoms with Crippen molar-refractivity contribution in [2.24, 2.45) is 0 Å². The van der Waals surface area contributed by atoms with Gasteiger partial charge in [-0.15, -0.1) is 0 Å². The Hall–Kier alpha value is -1.68. The third-order valence-electron chi connectivity index (χ3n) is 2.92. The Bertz CT molecular complexity index is 716. The normalized spacial score (nSPS) is 11.1. The van der Waals surface area contributed by atoms with E-state index in [4.69, 9.17) is 0 Å². The molecule has 0 aliphatic carbocycles. The van der Waals surface area contributed by atoms with Crippen LogP contribution in [0.2, 0.25) is 0 Å². The zero-order chi connectivity index (χ0) is 12.7. The van der Waals surface area contributed by atoms with Crippen molar-refractivity contribution in [1.82, 2.24) is 9.61 Å². The second-order valence-electron chi connectivity index (χ2n) is 4.15. The topological polar surface area (TPSA) is 17.3 Å². The number of aryl methyl sites for hydroxylation is 1. The van der Waals surface area contributed by atoms with Crippen molar-refractivity contribution in [3.05, 3.63) is 58.4 Å². The lowest BCUT2D eigenvalue weighted by Gasteiger charge is -1.97. The third-order valence-corrected chi connectivity index (χ3v) is 3.67. The minimum absolute atomic E-state index is 0.241. The maximum Gasteiger partial charge on any atom is 0.123 e. The van der Waals surface area contributed by atoms with E-state index in [2.05, 4.69) is 21.0 Å². The van der Waals surface area contributed by atoms with E-state index >= 15 is 0 Å². The lowest BCUT2D eigenvalue weighted by molar-refractivity contribution is 0.628. The van der Waals surface area contributed by atoms with Crippen molar-refractivity contribution in [2.45, 2.75) is 6.92 Å². The molecule has 0 radical (unpaired) electrons. The van der Waals surface area contributed by atoms with Gasteiger partial charge in [0.2, 0.25) is 0 Å². The molecule has 90 valence electrons. The van der Waals surface area contributed by atoms with Gasteiger partial charge in [-0.05, 0) is 58.7 Å². The molecule has 3 aromatic rings. The highest BCUT2D eigenvalue weighted by Crippen LogP contribution is 2.32. The number of nitrogens with zero attached hydrogens (tertiary/aromatic N) is 2. The van der Waals surface area contributed by atoms with Gasteiger partial charge < -0.3 is 0 Å². The number of fused-ring (bicyclic) bond motifs is 1. The van der Waals surface area contributed by atoms with Crippen LogP contribution in [0.1, 0.15) is 5.56 Å². The average Bonchev–Trinajstić information content (AvgIpc) is 2.69. The van der Waals surface area contributed by atoms with Crippen LogP contribution in [0.5, 0.6) is 0 Å². The molecule has 2 aromatic heterocycles. The quantitative estimate of drug-likeness (QED) is 0.658. The zero-order valence-electron chi connectivity index (χ0n) is 9.69. The summed E-state index contributed by atoms with van der Waals surface area (Å²) in [5.41, 5.74) is 3.90. The first-order valence-electron chi connectivity index (χ1n) is 5.56. The summed E-state index contributed by atoms with van der Waals surface area (Å²) in [7, 11) is 0. The second-order valence-corrected chi connectivity index (χ2v) is 4.95. The SMILES string of the molecule is Cc1cccn2nc(-c3ccc(F)cc3)c(Br)c12. The second kappa shape index (κ2) is 4.21. The summed E-state index contributed by atoms with van der Waals surface area (Å²) < 4.78 is 15.7. The predicted octanol–water partition coefficient (Wildman–Crippen LogP) is 4.21. The van der Waals surface area contributed by atoms with E-state index in [1.807, 2.05) is 29.8 Å². The first kappa shape index (κ1) is 11.4. The Morgan fingerprint density at radius 2 is 1.89 bits per heavy atom. The van der Waals surface area contributed by atoms with Crippen LogP contribution in [0, 0.1) is 12.7 Å². The number of hydrogen-bond donors (Lipinski definition) is 0. The average molecular weight is 305 g/mol. The van der Waals surface area contributed by atoms with Crippen LogP contribution in [0.15, 0.2) is 47.1 Å². The molecular weight excluding hydrogens is 295 g/mol. The van der Waals surface area contributed by atoms with Gasteiger partial charge in [-0.25, -0.2) is 8.91 Å². The van der Waals surface area contributed by atoms with Crippen LogP contribution in [-0.4, -0.2) is 9.61 Å². The van der Waals surface area contributed by atoms with Crippen LogP contribution < -0.4 is 0 Å². The fraction of sp³-hybridized carbons (Fsp3) is 0.0714. The summed E-state index contributed by atoms with van der Waals surface area (Å²) in [6.45, 7) is 2.04. The maximum absolute atomic E-state index is 12.9. The Morgan fingerprint density at radius 1 is 1.17 bits per heavy atom. The molecule has 0 spiro atoms. The predicted molar refractivity (Wildman–Crippen MR) is 73.0 cm³/mol. The molecule has 0 atom stereocenters. The first-order chi connectivity index (χ1) is 8.66. The van der Waals surface area contributed by atoms with Crippen molar-refractivity contribution in [1.29, 1.82) is 0 Å². The van der Waals surface area contributed by atoms with E-state index in [0.29, 0.717) is 0 Å². The van der Waals surface area contributed by atoms with E-state index in [-0.39, 0.29) is 5.82 Å². The molecule has 0 unspecified atom stereocenters. The van der Waals surface area contributed by atoms with Crippen molar-refractivity contribution in [2.75, 3.05) is 0 Å². The highest BCUT2D eigenvalue weighted by Gasteiger charge is 2.13. The van der Waals surface area contributed by atoms with Crippen LogP contribution in [0.4, 0.5) is 4.39 Å². The molecule has 0 saturated carbocycles. The lowest BCUT2D eigenvalue weighted by atomic mass is 10.1. The Kier molecular flexibility index (Phi) is 2.67. The number of benzene rings is 1. The zero-order valence-corrected chi connectivity index (χ0v) is 11.3. The van der Waals surface area contributed by atoms with Gasteiger partial charge in [-0.2, -0.15) is 5.10 Å². The smallest absolute Gasteiger partial charge is 0.123 e. The molecule has 0 fully saturated rings. The number of hydrogen-bond acceptors (Lipinski definition) is 1. The fourth-order valence-corrected chi connectivity index (χ4v) is 2.82. The summed E-state index contributed by atoms with van der Waals surface area (Å²) in [6.07, 6.45) is 1.90. The Balaban J connectivity index is 2.27. The minimum Gasteiger partial charge on any atom is -0.239 e. The lowest BCUT2D eigenvalue weighted by Crippen LogP contribution is -1.87. The summed E-state index contributed by atoms with van der Waals surface area (Å²) in [4.78, 5) is 0. The number of rotatable bonds is 1. The Labute approximate surface area is 112 Å². The van der Waals surface area contributed by atoms with Gasteiger partial charge in [0.15, 0.2) is 0 Å². The van der Waals surface area contributed by atoms with E-state index < -0.39 is 0 Å². The van der Waals surface area contributed by atoms with Gasteiger partial charge in [0.05, 0.1) is 9.99 Å².